The van der Waals surface area contributed by atoms with Gasteiger partial charge in [-0.2, -0.15) is 0 Å². The minimum atomic E-state index is -4.94. The molecule has 6 heteroatoms. The summed E-state index contributed by atoms with van der Waals surface area (Å²) in [5, 5.41) is 0. The van der Waals surface area contributed by atoms with E-state index >= 15 is 0 Å². The maximum absolute atomic E-state index is 8.49. The summed E-state index contributed by atoms with van der Waals surface area (Å²) in [6.45, 7) is 4.23. The molecule has 0 atom stereocenters. The van der Waals surface area contributed by atoms with E-state index in [1.54, 1.807) is 0 Å². The summed E-state index contributed by atoms with van der Waals surface area (Å²) < 4.78 is 40.1. The Hall–Kier alpha value is -1.76. The number of carbonyl (C=O) groups excluding carboxylic acids is 1. The number of halogens is 1. The normalized spacial score (nSPS) is 15.5. The average molecular weight is 323 g/mol. The van der Waals surface area contributed by atoms with E-state index in [1.165, 1.54) is 11.1 Å². The van der Waals surface area contributed by atoms with Gasteiger partial charge in [0, 0.05) is 13.8 Å². The first-order chi connectivity index (χ1) is 10.2. The van der Waals surface area contributed by atoms with Gasteiger partial charge in [0.2, 0.25) is 0 Å². The fourth-order valence-corrected chi connectivity index (χ4v) is 2.38. The third-order valence-electron chi connectivity index (χ3n) is 3.21. The fraction of sp³-hybridized carbons (Fsp3) is 0.188. The Labute approximate surface area is 130 Å². The highest BCUT2D eigenvalue weighted by molar-refractivity contribution is 6.11. The van der Waals surface area contributed by atoms with Crippen molar-refractivity contribution in [2.24, 2.45) is 0 Å². The molecule has 0 radical (unpaired) electrons. The minimum absolute atomic E-state index is 0.234. The van der Waals surface area contributed by atoms with Gasteiger partial charge >= 0.3 is 11.4 Å². The Morgan fingerprint density at radius 1 is 0.818 bits per heavy atom. The number of fused-ring (bicyclic) bond motifs is 1. The highest BCUT2D eigenvalue weighted by Gasteiger charge is 2.44. The Morgan fingerprint density at radius 3 is 1.91 bits per heavy atom. The Kier molecular flexibility index (Phi) is 4.65. The lowest BCUT2D eigenvalue weighted by atomic mass is 9.92. The Balaban J connectivity index is 0.000000309. The SMILES string of the molecule is CC1(C)[O+]=C(c2ccccc2)c2ccccc21.[O-][Cl+3]([O-])([O-])[O-]. The lowest BCUT2D eigenvalue weighted by Crippen LogP contribution is -2.68. The van der Waals surface area contributed by atoms with Crippen LogP contribution in [0, 0.1) is 10.2 Å². The summed E-state index contributed by atoms with van der Waals surface area (Å²) in [5.74, 6) is 0.992. The molecule has 0 N–H and O–H groups in total. The molecule has 116 valence electrons. The predicted octanol–water partition coefficient (Wildman–Crippen LogP) is -1.05. The predicted molar refractivity (Wildman–Crippen MR) is 69.3 cm³/mol. The molecule has 3 rings (SSSR count). The van der Waals surface area contributed by atoms with Gasteiger partial charge in [0.15, 0.2) is 0 Å². The van der Waals surface area contributed by atoms with Crippen LogP contribution >= 0.6 is 0 Å². The number of ketones is 1. The first-order valence-electron chi connectivity index (χ1n) is 6.51. The number of hydrogen-bond acceptors (Lipinski definition) is 4. The van der Waals surface area contributed by atoms with Crippen LogP contribution in [-0.4, -0.2) is 5.78 Å². The topological polar surface area (TPSA) is 104 Å². The molecule has 0 fully saturated rings. The van der Waals surface area contributed by atoms with Crippen molar-refractivity contribution in [3.05, 3.63) is 71.3 Å². The molecule has 1 aliphatic rings. The van der Waals surface area contributed by atoms with Crippen molar-refractivity contribution < 1.29 is 33.3 Å². The van der Waals surface area contributed by atoms with Crippen LogP contribution in [0.5, 0.6) is 0 Å². The summed E-state index contributed by atoms with van der Waals surface area (Å²) in [6.07, 6.45) is 0. The summed E-state index contributed by atoms with van der Waals surface area (Å²) >= 11 is 0. The van der Waals surface area contributed by atoms with Gasteiger partial charge in [-0.1, -0.05) is 30.3 Å². The smallest absolute Gasteiger partial charge is 0.243 e. The molecule has 0 aliphatic carbocycles. The molecule has 1 heterocycles. The molecule has 0 amide bonds. The van der Waals surface area contributed by atoms with Crippen LogP contribution < -0.4 is 18.6 Å². The molecule has 2 aromatic rings. The van der Waals surface area contributed by atoms with Gasteiger partial charge in [-0.15, -0.1) is 10.2 Å². The van der Waals surface area contributed by atoms with Gasteiger partial charge in [-0.3, -0.25) is 0 Å². The van der Waals surface area contributed by atoms with Gasteiger partial charge in [0.25, 0.3) is 0 Å². The fourth-order valence-electron chi connectivity index (χ4n) is 2.38. The minimum Gasteiger partial charge on any atom is -0.243 e. The maximum atomic E-state index is 8.49. The van der Waals surface area contributed by atoms with E-state index in [0.29, 0.717) is 0 Å². The summed E-state index contributed by atoms with van der Waals surface area (Å²) in [6, 6.07) is 18.7. The van der Waals surface area contributed by atoms with Crippen molar-refractivity contribution in [2.75, 3.05) is 0 Å². The van der Waals surface area contributed by atoms with Crippen molar-refractivity contribution in [2.45, 2.75) is 19.4 Å². The summed E-state index contributed by atoms with van der Waals surface area (Å²) in [5.41, 5.74) is 3.38. The van der Waals surface area contributed by atoms with Gasteiger partial charge < -0.3 is 0 Å². The van der Waals surface area contributed by atoms with E-state index in [4.69, 9.17) is 23.1 Å². The van der Waals surface area contributed by atoms with Crippen LogP contribution in [0.25, 0.3) is 0 Å². The quantitative estimate of drug-likeness (QED) is 0.624. The lowest BCUT2D eigenvalue weighted by molar-refractivity contribution is -2.00. The largest absolute Gasteiger partial charge is 0.359 e. The third-order valence-corrected chi connectivity index (χ3v) is 3.21. The van der Waals surface area contributed by atoms with Crippen molar-refractivity contribution >= 4 is 5.78 Å². The first kappa shape index (κ1) is 16.6. The standard InChI is InChI=1S/C16H15O.ClHO4/c1-16(2)14-11-7-6-10-13(14)15(17-16)12-8-4-3-5-9-12;2-1(3,4)5/h3-11H,1-2H3;(H,2,3,4,5)/q+1;/p-1. The van der Waals surface area contributed by atoms with Crippen molar-refractivity contribution in [1.82, 2.24) is 0 Å². The van der Waals surface area contributed by atoms with Gasteiger partial charge in [-0.25, -0.2) is 23.1 Å². The summed E-state index contributed by atoms with van der Waals surface area (Å²) in [7, 11) is -4.94. The second kappa shape index (κ2) is 6.16. The zero-order valence-corrected chi connectivity index (χ0v) is 12.9. The van der Waals surface area contributed by atoms with Crippen LogP contribution in [0.4, 0.5) is 0 Å². The van der Waals surface area contributed by atoms with E-state index in [-0.39, 0.29) is 5.60 Å². The monoisotopic (exact) mass is 322 g/mol. The first-order valence-corrected chi connectivity index (χ1v) is 7.75. The van der Waals surface area contributed by atoms with E-state index < -0.39 is 10.2 Å². The van der Waals surface area contributed by atoms with Crippen molar-refractivity contribution in [1.29, 1.82) is 0 Å². The van der Waals surface area contributed by atoms with E-state index in [1.807, 2.05) is 18.2 Å². The van der Waals surface area contributed by atoms with Crippen LogP contribution in [-0.2, 0) is 5.60 Å². The molecule has 0 unspecified atom stereocenters. The molecular formula is C16H15ClO5. The molecule has 1 aliphatic heterocycles. The van der Waals surface area contributed by atoms with Crippen LogP contribution in [0.2, 0.25) is 0 Å². The molecule has 2 aromatic carbocycles. The lowest BCUT2D eigenvalue weighted by Gasteiger charge is -2.17. The summed E-state index contributed by atoms with van der Waals surface area (Å²) in [4.78, 5) is 0. The van der Waals surface area contributed by atoms with Crippen molar-refractivity contribution in [3.8, 4) is 0 Å². The zero-order chi connectivity index (χ0) is 16.4. The number of rotatable bonds is 1. The van der Waals surface area contributed by atoms with Gasteiger partial charge in [0.05, 0.1) is 16.7 Å². The average Bonchev–Trinajstić information content (AvgIpc) is 2.71. The highest BCUT2D eigenvalue weighted by Crippen LogP contribution is 2.35. The molecular weight excluding hydrogens is 308 g/mol. The third kappa shape index (κ3) is 4.13. The van der Waals surface area contributed by atoms with E-state index in [0.717, 1.165) is 11.3 Å². The second-order valence-electron chi connectivity index (χ2n) is 5.23. The zero-order valence-electron chi connectivity index (χ0n) is 12.1. The molecule has 22 heavy (non-hydrogen) atoms. The van der Waals surface area contributed by atoms with Gasteiger partial charge in [0.1, 0.15) is 0 Å². The number of benzene rings is 2. The van der Waals surface area contributed by atoms with E-state index in [2.05, 4.69) is 50.2 Å². The molecule has 0 aromatic heterocycles. The molecule has 0 spiro atoms. The second-order valence-corrected chi connectivity index (χ2v) is 5.99. The Bertz CT molecular complexity index is 668. The van der Waals surface area contributed by atoms with Crippen LogP contribution in [0.1, 0.15) is 35.0 Å². The molecule has 0 saturated carbocycles. The van der Waals surface area contributed by atoms with Gasteiger partial charge in [-0.05, 0) is 24.3 Å². The molecule has 5 nitrogen and oxygen atoms in total. The Morgan fingerprint density at radius 2 is 1.32 bits per heavy atom. The van der Waals surface area contributed by atoms with Crippen molar-refractivity contribution in [3.63, 3.8) is 0 Å². The number of hydrogen-bond donors (Lipinski definition) is 0. The molecule has 0 bridgehead atoms. The maximum Gasteiger partial charge on any atom is 0.359 e. The molecule has 0 saturated heterocycles. The van der Waals surface area contributed by atoms with E-state index in [9.17, 15) is 0 Å². The van der Waals surface area contributed by atoms with Crippen LogP contribution in [0.15, 0.2) is 54.6 Å². The highest BCUT2D eigenvalue weighted by atomic mass is 35.7. The van der Waals surface area contributed by atoms with Crippen LogP contribution in [0.3, 0.4) is 0 Å².